The molecule has 0 atom stereocenters. The lowest BCUT2D eigenvalue weighted by molar-refractivity contribution is -0.384. The summed E-state index contributed by atoms with van der Waals surface area (Å²) in [5.74, 6) is 0. The highest BCUT2D eigenvalue weighted by atomic mass is 16.6. The van der Waals surface area contributed by atoms with Crippen LogP contribution in [0, 0.1) is 20.2 Å². The van der Waals surface area contributed by atoms with E-state index >= 15 is 0 Å². The van der Waals surface area contributed by atoms with Gasteiger partial charge in [-0.25, -0.2) is 0 Å². The van der Waals surface area contributed by atoms with Crippen LogP contribution in [0.1, 0.15) is 0 Å². The maximum absolute atomic E-state index is 11.2. The maximum Gasteiger partial charge on any atom is 0.292 e. The van der Waals surface area contributed by atoms with E-state index in [1.54, 1.807) is 24.3 Å². The van der Waals surface area contributed by atoms with Gasteiger partial charge in [-0.2, -0.15) is 0 Å². The van der Waals surface area contributed by atoms with Crippen molar-refractivity contribution in [3.05, 3.63) is 56.6 Å². The molecule has 150 valence electrons. The van der Waals surface area contributed by atoms with E-state index < -0.39 is 9.85 Å². The van der Waals surface area contributed by atoms with Crippen molar-refractivity contribution < 1.29 is 9.85 Å². The molecular formula is C18H24N6O4. The zero-order valence-electron chi connectivity index (χ0n) is 16.3. The van der Waals surface area contributed by atoms with Gasteiger partial charge in [-0.3, -0.25) is 20.2 Å². The molecule has 2 aromatic rings. The van der Waals surface area contributed by atoms with Gasteiger partial charge in [-0.05, 0) is 24.3 Å². The number of hydrogen-bond donors (Lipinski definition) is 2. The summed E-state index contributed by atoms with van der Waals surface area (Å²) in [5.41, 5.74) is 2.41. The molecule has 10 heteroatoms. The van der Waals surface area contributed by atoms with E-state index in [9.17, 15) is 20.2 Å². The number of rotatable bonds is 9. The number of anilines is 4. The number of benzene rings is 2. The second-order valence-electron chi connectivity index (χ2n) is 6.56. The summed E-state index contributed by atoms with van der Waals surface area (Å²) < 4.78 is 0. The molecular weight excluding hydrogens is 364 g/mol. The molecule has 0 radical (unpaired) electrons. The summed E-state index contributed by atoms with van der Waals surface area (Å²) in [7, 11) is 7.40. The largest absolute Gasteiger partial charge is 0.378 e. The first-order chi connectivity index (χ1) is 13.2. The minimum atomic E-state index is -0.444. The Morgan fingerprint density at radius 3 is 1.39 bits per heavy atom. The summed E-state index contributed by atoms with van der Waals surface area (Å²) >= 11 is 0. The fourth-order valence-corrected chi connectivity index (χ4v) is 2.60. The Bertz CT molecular complexity index is 798. The van der Waals surface area contributed by atoms with E-state index in [0.717, 1.165) is 11.4 Å². The highest BCUT2D eigenvalue weighted by molar-refractivity contribution is 5.70. The van der Waals surface area contributed by atoms with Crippen LogP contribution in [0.2, 0.25) is 0 Å². The van der Waals surface area contributed by atoms with Crippen LogP contribution in [0.3, 0.4) is 0 Å². The SMILES string of the molecule is CN(C)c1ccc([N+](=O)[O-])c(NCCNc2cc(N(C)C)ccc2[N+](=O)[O-])c1. The van der Waals surface area contributed by atoms with Crippen molar-refractivity contribution in [1.82, 2.24) is 0 Å². The molecule has 10 nitrogen and oxygen atoms in total. The molecule has 0 saturated heterocycles. The first-order valence-corrected chi connectivity index (χ1v) is 8.60. The Hall–Kier alpha value is -3.56. The summed E-state index contributed by atoms with van der Waals surface area (Å²) in [5, 5.41) is 28.5. The lowest BCUT2D eigenvalue weighted by Gasteiger charge is -2.16. The zero-order chi connectivity index (χ0) is 20.8. The van der Waals surface area contributed by atoms with Crippen LogP contribution in [0.15, 0.2) is 36.4 Å². The molecule has 0 saturated carbocycles. The molecule has 0 unspecified atom stereocenters. The van der Waals surface area contributed by atoms with Crippen LogP contribution in [-0.4, -0.2) is 51.1 Å². The second-order valence-corrected chi connectivity index (χ2v) is 6.56. The van der Waals surface area contributed by atoms with Crippen molar-refractivity contribution in [2.75, 3.05) is 61.7 Å². The van der Waals surface area contributed by atoms with Crippen LogP contribution < -0.4 is 20.4 Å². The van der Waals surface area contributed by atoms with Gasteiger partial charge in [0.1, 0.15) is 11.4 Å². The first kappa shape index (κ1) is 20.7. The van der Waals surface area contributed by atoms with Crippen LogP contribution in [0.4, 0.5) is 34.1 Å². The number of nitro groups is 2. The second kappa shape index (κ2) is 8.89. The van der Waals surface area contributed by atoms with Gasteiger partial charge in [0.05, 0.1) is 9.85 Å². The quantitative estimate of drug-likeness (QED) is 0.382. The Morgan fingerprint density at radius 1 is 0.750 bits per heavy atom. The summed E-state index contributed by atoms with van der Waals surface area (Å²) in [6.45, 7) is 0.697. The predicted molar refractivity (Wildman–Crippen MR) is 112 cm³/mol. The maximum atomic E-state index is 11.2. The summed E-state index contributed by atoms with van der Waals surface area (Å²) in [6, 6.07) is 9.67. The molecule has 0 bridgehead atoms. The van der Waals surface area contributed by atoms with Gasteiger partial charge in [0.15, 0.2) is 0 Å². The Kier molecular flexibility index (Phi) is 6.59. The van der Waals surface area contributed by atoms with Gasteiger partial charge < -0.3 is 20.4 Å². The van der Waals surface area contributed by atoms with Crippen molar-refractivity contribution in [3.63, 3.8) is 0 Å². The van der Waals surface area contributed by atoms with Gasteiger partial charge in [-0.15, -0.1) is 0 Å². The number of hydrogen-bond acceptors (Lipinski definition) is 8. The molecule has 0 aromatic heterocycles. The standard InChI is InChI=1S/C18H24N6O4/c1-21(2)13-5-7-17(23(25)26)15(11-13)19-9-10-20-16-12-14(22(3)4)6-8-18(16)24(27)28/h5-8,11-12,19-20H,9-10H2,1-4H3. The average molecular weight is 388 g/mol. The monoisotopic (exact) mass is 388 g/mol. The van der Waals surface area contributed by atoms with Crippen molar-refractivity contribution in [2.24, 2.45) is 0 Å². The van der Waals surface area contributed by atoms with Gasteiger partial charge in [-0.1, -0.05) is 0 Å². The van der Waals surface area contributed by atoms with Crippen LogP contribution in [0.25, 0.3) is 0 Å². The van der Waals surface area contributed by atoms with Crippen molar-refractivity contribution >= 4 is 34.1 Å². The molecule has 0 aliphatic heterocycles. The molecule has 0 aliphatic carbocycles. The van der Waals surface area contributed by atoms with E-state index in [2.05, 4.69) is 10.6 Å². The first-order valence-electron chi connectivity index (χ1n) is 8.60. The summed E-state index contributed by atoms with van der Waals surface area (Å²) in [6.07, 6.45) is 0. The Balaban J connectivity index is 2.10. The number of nitrogens with one attached hydrogen (secondary N) is 2. The smallest absolute Gasteiger partial charge is 0.292 e. The van der Waals surface area contributed by atoms with Crippen LogP contribution >= 0.6 is 0 Å². The van der Waals surface area contributed by atoms with Crippen molar-refractivity contribution in [2.45, 2.75) is 0 Å². The lowest BCUT2D eigenvalue weighted by Crippen LogP contribution is -2.16. The van der Waals surface area contributed by atoms with Crippen molar-refractivity contribution in [1.29, 1.82) is 0 Å². The van der Waals surface area contributed by atoms with E-state index in [-0.39, 0.29) is 11.4 Å². The van der Waals surface area contributed by atoms with Crippen molar-refractivity contribution in [3.8, 4) is 0 Å². The van der Waals surface area contributed by atoms with Gasteiger partial charge in [0, 0.05) is 64.8 Å². The highest BCUT2D eigenvalue weighted by Crippen LogP contribution is 2.30. The molecule has 0 aliphatic rings. The van der Waals surface area contributed by atoms with E-state index in [4.69, 9.17) is 0 Å². The Morgan fingerprint density at radius 2 is 1.11 bits per heavy atom. The molecule has 2 N–H and O–H groups in total. The zero-order valence-corrected chi connectivity index (χ0v) is 16.3. The predicted octanol–water partition coefficient (Wildman–Crippen LogP) is 3.16. The molecule has 0 heterocycles. The molecule has 2 aromatic carbocycles. The molecule has 2 rings (SSSR count). The van der Waals surface area contributed by atoms with Gasteiger partial charge in [0.25, 0.3) is 11.4 Å². The van der Waals surface area contributed by atoms with Gasteiger partial charge >= 0.3 is 0 Å². The minimum Gasteiger partial charge on any atom is -0.378 e. The number of nitro benzene ring substituents is 2. The average Bonchev–Trinajstić information content (AvgIpc) is 2.64. The third-order valence-corrected chi connectivity index (χ3v) is 4.14. The van der Waals surface area contributed by atoms with Crippen LogP contribution in [0.5, 0.6) is 0 Å². The third kappa shape index (κ3) is 5.00. The Labute approximate surface area is 163 Å². The molecule has 28 heavy (non-hydrogen) atoms. The topological polar surface area (TPSA) is 117 Å². The minimum absolute atomic E-state index is 0.0221. The third-order valence-electron chi connectivity index (χ3n) is 4.14. The molecule has 0 spiro atoms. The fourth-order valence-electron chi connectivity index (χ4n) is 2.60. The van der Waals surface area contributed by atoms with E-state index in [0.29, 0.717) is 24.5 Å². The van der Waals surface area contributed by atoms with E-state index in [1.807, 2.05) is 38.0 Å². The van der Waals surface area contributed by atoms with Gasteiger partial charge in [0.2, 0.25) is 0 Å². The highest BCUT2D eigenvalue weighted by Gasteiger charge is 2.16. The van der Waals surface area contributed by atoms with Crippen LogP contribution in [-0.2, 0) is 0 Å². The fraction of sp³-hybridized carbons (Fsp3) is 0.333. The molecule has 0 fully saturated rings. The van der Waals surface area contributed by atoms with E-state index in [1.165, 1.54) is 12.1 Å². The molecule has 0 amide bonds. The normalized spacial score (nSPS) is 10.3. The number of nitrogens with zero attached hydrogens (tertiary/aromatic N) is 4. The summed E-state index contributed by atoms with van der Waals surface area (Å²) in [4.78, 5) is 25.3. The lowest BCUT2D eigenvalue weighted by atomic mass is 10.2.